The van der Waals surface area contributed by atoms with Crippen LogP contribution in [0.2, 0.25) is 0 Å². The minimum absolute atomic E-state index is 0.0372. The number of aromatic nitrogens is 5. The van der Waals surface area contributed by atoms with Gasteiger partial charge in [-0.1, -0.05) is 0 Å². The molecule has 1 fully saturated rings. The number of fused-ring (bicyclic) bond motifs is 1. The number of nitrogens with zero attached hydrogens (tertiary/aromatic N) is 6. The molecule has 0 radical (unpaired) electrons. The van der Waals surface area contributed by atoms with E-state index in [4.69, 9.17) is 14.6 Å². The van der Waals surface area contributed by atoms with Crippen molar-refractivity contribution in [3.05, 3.63) is 41.7 Å². The number of pyridine rings is 1. The lowest BCUT2D eigenvalue weighted by Gasteiger charge is -2.25. The summed E-state index contributed by atoms with van der Waals surface area (Å²) in [6.45, 7) is 8.36. The number of likely N-dealkylation sites (tertiary alicyclic amines) is 1. The predicted molar refractivity (Wildman–Crippen MR) is 128 cm³/mol. The van der Waals surface area contributed by atoms with Gasteiger partial charge in [0.15, 0.2) is 5.82 Å². The molecule has 3 aromatic rings. The molecule has 1 saturated heterocycles. The molecule has 1 atom stereocenters. The molecule has 5 rings (SSSR count). The van der Waals surface area contributed by atoms with E-state index in [9.17, 15) is 9.50 Å². The van der Waals surface area contributed by atoms with E-state index in [0.29, 0.717) is 37.8 Å². The Hall–Kier alpha value is -2.82. The molecule has 0 aliphatic carbocycles. The van der Waals surface area contributed by atoms with Crippen LogP contribution in [-0.2, 0) is 24.1 Å². The molecule has 2 aliphatic rings. The molecule has 0 bridgehead atoms. The Morgan fingerprint density at radius 1 is 1.26 bits per heavy atom. The van der Waals surface area contributed by atoms with Crippen LogP contribution in [0.3, 0.4) is 0 Å². The monoisotopic (exact) mass is 484 g/mol. The van der Waals surface area contributed by atoms with Gasteiger partial charge in [0.05, 0.1) is 55.4 Å². The summed E-state index contributed by atoms with van der Waals surface area (Å²) < 4.78 is 28.9. The second-order valence-electron chi connectivity index (χ2n) is 10.1. The Morgan fingerprint density at radius 3 is 2.86 bits per heavy atom. The predicted octanol–water partition coefficient (Wildman–Crippen LogP) is 2.49. The maximum atomic E-state index is 14.4. The SMILES string of the molecule is COc1ncc(-n2nc(-c3cnn(CC4CCN(CC(C)(C)O)C4)c3)c3c2CCOCC3)cc1F. The topological polar surface area (TPSA) is 90.5 Å². The van der Waals surface area contributed by atoms with Crippen LogP contribution in [0, 0.1) is 11.7 Å². The first kappa shape index (κ1) is 23.9. The highest BCUT2D eigenvalue weighted by molar-refractivity contribution is 5.64. The van der Waals surface area contributed by atoms with Crippen molar-refractivity contribution in [1.82, 2.24) is 29.4 Å². The smallest absolute Gasteiger partial charge is 0.250 e. The van der Waals surface area contributed by atoms with Gasteiger partial charge in [-0.05, 0) is 39.2 Å². The first-order valence-electron chi connectivity index (χ1n) is 12.2. The fourth-order valence-corrected chi connectivity index (χ4v) is 5.18. The Kier molecular flexibility index (Phi) is 6.61. The summed E-state index contributed by atoms with van der Waals surface area (Å²) in [6.07, 6.45) is 7.98. The lowest BCUT2D eigenvalue weighted by molar-refractivity contribution is 0.0426. The molecule has 3 aromatic heterocycles. The van der Waals surface area contributed by atoms with E-state index >= 15 is 0 Å². The third kappa shape index (κ3) is 5.24. The number of hydrogen-bond acceptors (Lipinski definition) is 7. The minimum atomic E-state index is -0.684. The normalized spacial score (nSPS) is 19.1. The van der Waals surface area contributed by atoms with Gasteiger partial charge in [0.1, 0.15) is 0 Å². The van der Waals surface area contributed by atoms with Gasteiger partial charge in [-0.25, -0.2) is 14.1 Å². The minimum Gasteiger partial charge on any atom is -0.479 e. The largest absolute Gasteiger partial charge is 0.479 e. The van der Waals surface area contributed by atoms with Gasteiger partial charge in [-0.3, -0.25) is 4.68 Å². The number of rotatable bonds is 7. The average molecular weight is 485 g/mol. The lowest BCUT2D eigenvalue weighted by atomic mass is 10.0. The zero-order chi connectivity index (χ0) is 24.6. The average Bonchev–Trinajstić information content (AvgIpc) is 3.48. The first-order valence-corrected chi connectivity index (χ1v) is 12.2. The van der Waals surface area contributed by atoms with E-state index in [-0.39, 0.29) is 5.88 Å². The van der Waals surface area contributed by atoms with Crippen molar-refractivity contribution < 1.29 is 19.0 Å². The van der Waals surface area contributed by atoms with Crippen LogP contribution < -0.4 is 4.74 Å². The third-order valence-electron chi connectivity index (χ3n) is 6.63. The molecular formula is C25H33FN6O3. The van der Waals surface area contributed by atoms with Crippen molar-refractivity contribution in [2.45, 2.75) is 45.3 Å². The van der Waals surface area contributed by atoms with Crippen LogP contribution >= 0.6 is 0 Å². The maximum absolute atomic E-state index is 14.4. The summed E-state index contributed by atoms with van der Waals surface area (Å²) in [5.74, 6) is -0.0740. The molecule has 5 heterocycles. The maximum Gasteiger partial charge on any atom is 0.250 e. The summed E-state index contributed by atoms with van der Waals surface area (Å²) in [5.41, 5.74) is 3.78. The van der Waals surface area contributed by atoms with Crippen molar-refractivity contribution in [3.63, 3.8) is 0 Å². The van der Waals surface area contributed by atoms with Crippen molar-refractivity contribution in [2.24, 2.45) is 5.92 Å². The van der Waals surface area contributed by atoms with E-state index in [0.717, 1.165) is 55.0 Å². The van der Waals surface area contributed by atoms with Gasteiger partial charge >= 0.3 is 0 Å². The highest BCUT2D eigenvalue weighted by Crippen LogP contribution is 2.31. The van der Waals surface area contributed by atoms with Gasteiger partial charge in [-0.15, -0.1) is 0 Å². The summed E-state index contributed by atoms with van der Waals surface area (Å²) in [6, 6.07) is 1.40. The van der Waals surface area contributed by atoms with Crippen LogP contribution in [0.5, 0.6) is 5.88 Å². The van der Waals surface area contributed by atoms with E-state index in [1.807, 2.05) is 30.9 Å². The lowest BCUT2D eigenvalue weighted by Crippen LogP contribution is -2.37. The molecule has 0 spiro atoms. The zero-order valence-electron chi connectivity index (χ0n) is 20.6. The second-order valence-corrected chi connectivity index (χ2v) is 10.1. The summed E-state index contributed by atoms with van der Waals surface area (Å²) in [4.78, 5) is 6.41. The quantitative estimate of drug-likeness (QED) is 0.551. The molecule has 35 heavy (non-hydrogen) atoms. The van der Waals surface area contributed by atoms with E-state index in [2.05, 4.69) is 15.0 Å². The molecule has 0 amide bonds. The van der Waals surface area contributed by atoms with E-state index in [1.54, 1.807) is 10.9 Å². The molecular weight excluding hydrogens is 451 g/mol. The molecule has 188 valence electrons. The fourth-order valence-electron chi connectivity index (χ4n) is 5.18. The number of aliphatic hydroxyl groups is 1. The molecule has 10 heteroatoms. The van der Waals surface area contributed by atoms with Crippen LogP contribution in [0.15, 0.2) is 24.7 Å². The second kappa shape index (κ2) is 9.67. The van der Waals surface area contributed by atoms with E-state index in [1.165, 1.54) is 13.2 Å². The molecule has 0 saturated carbocycles. The van der Waals surface area contributed by atoms with Crippen LogP contribution in [0.4, 0.5) is 4.39 Å². The fraction of sp³-hybridized carbons (Fsp3) is 0.560. The van der Waals surface area contributed by atoms with Crippen molar-refractivity contribution >= 4 is 0 Å². The highest BCUT2D eigenvalue weighted by atomic mass is 19.1. The number of halogens is 1. The van der Waals surface area contributed by atoms with Gasteiger partial charge in [0, 0.05) is 49.4 Å². The summed E-state index contributed by atoms with van der Waals surface area (Å²) >= 11 is 0. The first-order chi connectivity index (χ1) is 16.8. The van der Waals surface area contributed by atoms with Gasteiger partial charge < -0.3 is 19.5 Å². The van der Waals surface area contributed by atoms with Crippen LogP contribution in [0.25, 0.3) is 16.9 Å². The Labute approximate surface area is 204 Å². The van der Waals surface area contributed by atoms with Crippen LogP contribution in [0.1, 0.15) is 31.5 Å². The van der Waals surface area contributed by atoms with Gasteiger partial charge in [0.25, 0.3) is 0 Å². The van der Waals surface area contributed by atoms with Crippen molar-refractivity contribution in [1.29, 1.82) is 0 Å². The van der Waals surface area contributed by atoms with Gasteiger partial charge in [-0.2, -0.15) is 10.2 Å². The van der Waals surface area contributed by atoms with Gasteiger partial charge in [0.2, 0.25) is 5.88 Å². The third-order valence-corrected chi connectivity index (χ3v) is 6.63. The zero-order valence-corrected chi connectivity index (χ0v) is 20.6. The molecule has 1 N–H and O–H groups in total. The van der Waals surface area contributed by atoms with Crippen molar-refractivity contribution in [2.75, 3.05) is 40.0 Å². The molecule has 1 unspecified atom stereocenters. The molecule has 2 aliphatic heterocycles. The number of ether oxygens (including phenoxy) is 2. The highest BCUT2D eigenvalue weighted by Gasteiger charge is 2.28. The molecule has 0 aromatic carbocycles. The molecule has 9 nitrogen and oxygen atoms in total. The Morgan fingerprint density at radius 2 is 2.09 bits per heavy atom. The summed E-state index contributed by atoms with van der Waals surface area (Å²) in [7, 11) is 1.40. The number of hydrogen-bond donors (Lipinski definition) is 1. The van der Waals surface area contributed by atoms with Crippen LogP contribution in [-0.4, -0.2) is 80.1 Å². The summed E-state index contributed by atoms with van der Waals surface area (Å²) in [5, 5.41) is 19.6. The Balaban J connectivity index is 1.39. The van der Waals surface area contributed by atoms with Crippen molar-refractivity contribution in [3.8, 4) is 22.8 Å². The Bertz CT molecular complexity index is 1180. The standard InChI is InChI=1S/C25H33FN6O3/c1-25(2,33)16-30-7-4-17(13-30)14-31-15-18(11-28-31)23-20-5-8-35-9-6-22(20)32(29-23)19-10-21(26)24(34-3)27-12-19/h10-12,15,17,33H,4-9,13-14,16H2,1-3H3. The number of methoxy groups -OCH3 is 1. The number of β-amino-alcohol motifs (C(OH)–C–C–N with tert-alkyl or cyclic N) is 1. The van der Waals surface area contributed by atoms with E-state index < -0.39 is 11.4 Å².